The smallest absolute Gasteiger partial charge is 0.355 e. The Morgan fingerprint density at radius 2 is 1.91 bits per heavy atom. The molecule has 3 aromatic heterocycles. The minimum atomic E-state index is -2.21. The van der Waals surface area contributed by atoms with Gasteiger partial charge >= 0.3 is 12.0 Å². The molecule has 0 saturated carbocycles. The molecule has 4 aliphatic heterocycles. The van der Waals surface area contributed by atoms with Gasteiger partial charge in [0.1, 0.15) is 17.7 Å². The average molecular weight is 928 g/mol. The largest absolute Gasteiger partial charge is 0.462 e. The Morgan fingerprint density at radius 1 is 1.14 bits per heavy atom. The number of carbonyl (C=O) groups excluding carboxylic acids is 4. The number of nitrogens with one attached hydrogen (secondary N) is 2. The van der Waals surface area contributed by atoms with Crippen LogP contribution in [0.15, 0.2) is 41.9 Å². The van der Waals surface area contributed by atoms with Crippen molar-refractivity contribution >= 4 is 46.1 Å². The maximum atomic E-state index is 14.7. The number of esters is 1. The molecule has 4 aromatic rings. The van der Waals surface area contributed by atoms with Crippen LogP contribution in [-0.2, 0) is 48.0 Å². The Balaban J connectivity index is 1.16. The number of aryl methyl sites for hydroxylation is 1. The zero-order chi connectivity index (χ0) is 47.3. The molecular weight excluding hydrogens is 863 g/mol. The molecule has 1 aromatic carbocycles. The van der Waals surface area contributed by atoms with E-state index in [1.54, 1.807) is 25.3 Å². The standard InChI is InChI=1S/C48H65N9O8S/c1-10-56-37-15-14-31-21-33(37)34(41(56)32-13-11-17-49-39(32)30(4)63-9)23-46(5,6)28-64-44(60)48(62)16-12-18-57(52-48)43(59)35(22-38-50-36(31)24-66-38)51-42(58)40(29(2)3)54(8)45(61)55-26-47(27-55)25-53(7)19-20-65-47/h11,13-15,17,21,24,29-30,35,40,52,62H,10,12,16,18-20,22-23,25-28H2,1-9H3,(H,51,58)/t30-,35-,40-,48-/m0/s1. The molecule has 0 unspecified atom stereocenters. The number of aliphatic hydroxyl groups is 1. The number of thiazole rings is 1. The zero-order valence-corrected chi connectivity index (χ0v) is 40.5. The van der Waals surface area contributed by atoms with Gasteiger partial charge in [-0.05, 0) is 69.5 Å². The minimum absolute atomic E-state index is 0.00271. The maximum Gasteiger partial charge on any atom is 0.355 e. The third-order valence-electron chi connectivity index (χ3n) is 13.5. The molecule has 0 aliphatic carbocycles. The summed E-state index contributed by atoms with van der Waals surface area (Å²) < 4.78 is 20.1. The second-order valence-electron chi connectivity index (χ2n) is 19.7. The van der Waals surface area contributed by atoms with Crippen LogP contribution >= 0.6 is 11.3 Å². The molecule has 3 fully saturated rings. The number of pyridine rings is 1. The second kappa shape index (κ2) is 18.6. The summed E-state index contributed by atoms with van der Waals surface area (Å²) in [4.78, 5) is 72.2. The van der Waals surface area contributed by atoms with Gasteiger partial charge in [0.2, 0.25) is 11.6 Å². The minimum Gasteiger partial charge on any atom is -0.462 e. The van der Waals surface area contributed by atoms with Gasteiger partial charge < -0.3 is 43.9 Å². The first-order valence-electron chi connectivity index (χ1n) is 23.1. The number of likely N-dealkylation sites (tertiary alicyclic amines) is 1. The van der Waals surface area contributed by atoms with E-state index in [-0.39, 0.29) is 50.5 Å². The lowest BCUT2D eigenvalue weighted by molar-refractivity contribution is -0.189. The average Bonchev–Trinajstić information content (AvgIpc) is 3.87. The number of likely N-dealkylation sites (N-methyl/N-ethyl adjacent to an activating group) is 2. The predicted octanol–water partition coefficient (Wildman–Crippen LogP) is 4.62. The van der Waals surface area contributed by atoms with Crippen molar-refractivity contribution in [3.8, 4) is 22.5 Å². The van der Waals surface area contributed by atoms with Gasteiger partial charge in [-0.1, -0.05) is 33.8 Å². The number of hydrogen-bond donors (Lipinski definition) is 3. The number of carbonyl (C=O) groups is 4. The lowest BCUT2D eigenvalue weighted by atomic mass is 9.84. The fourth-order valence-electron chi connectivity index (χ4n) is 10.1. The second-order valence-corrected chi connectivity index (χ2v) is 20.6. The Morgan fingerprint density at radius 3 is 2.62 bits per heavy atom. The molecular formula is C48H65N9O8S. The van der Waals surface area contributed by atoms with Crippen molar-refractivity contribution < 1.29 is 38.5 Å². The number of fused-ring (bicyclic) bond motifs is 6. The first kappa shape index (κ1) is 47.5. The quantitative estimate of drug-likeness (QED) is 0.209. The number of hydrogen-bond acceptors (Lipinski definition) is 13. The molecule has 4 aliphatic rings. The van der Waals surface area contributed by atoms with Gasteiger partial charge in [-0.25, -0.2) is 14.6 Å². The SMILES string of the molecule is CCn1c(-c2cccnc2[C@H](C)OC)c2c3cc(ccc31)-c1csc(n1)C[C@H](NC(=O)[C@H](C(C)C)N(C)C(=O)N1CC3(CN(C)CCO3)C1)C(=O)N1CCC[C@@](O)(N1)C(=O)OCC(C)(C)C2. The van der Waals surface area contributed by atoms with Crippen molar-refractivity contribution in [2.45, 2.75) is 103 Å². The molecule has 66 heavy (non-hydrogen) atoms. The Labute approximate surface area is 390 Å². The summed E-state index contributed by atoms with van der Waals surface area (Å²) in [5.74, 6) is -2.30. The van der Waals surface area contributed by atoms with E-state index in [1.165, 1.54) is 21.2 Å². The highest BCUT2D eigenvalue weighted by atomic mass is 32.1. The van der Waals surface area contributed by atoms with E-state index < -0.39 is 46.6 Å². The third kappa shape index (κ3) is 9.19. The molecule has 4 amide bonds. The summed E-state index contributed by atoms with van der Waals surface area (Å²) >= 11 is 1.38. The highest BCUT2D eigenvalue weighted by Gasteiger charge is 2.51. The van der Waals surface area contributed by atoms with Crippen molar-refractivity contribution in [3.63, 3.8) is 0 Å². The molecule has 3 saturated heterocycles. The van der Waals surface area contributed by atoms with Crippen LogP contribution in [0.1, 0.15) is 76.8 Å². The van der Waals surface area contributed by atoms with E-state index >= 15 is 0 Å². The number of amides is 4. The highest BCUT2D eigenvalue weighted by Crippen LogP contribution is 2.42. The molecule has 1 spiro atoms. The van der Waals surface area contributed by atoms with Crippen LogP contribution in [0.5, 0.6) is 0 Å². The zero-order valence-electron chi connectivity index (χ0n) is 39.7. The van der Waals surface area contributed by atoms with Crippen LogP contribution in [0.2, 0.25) is 0 Å². The summed E-state index contributed by atoms with van der Waals surface area (Å²) in [5.41, 5.74) is 5.93. The first-order chi connectivity index (χ1) is 31.4. The lowest BCUT2D eigenvalue weighted by Crippen LogP contribution is -2.72. The molecule has 4 atom stereocenters. The lowest BCUT2D eigenvalue weighted by Gasteiger charge is -2.54. The van der Waals surface area contributed by atoms with Crippen LogP contribution < -0.4 is 10.7 Å². The summed E-state index contributed by atoms with van der Waals surface area (Å²) in [6, 6.07) is 7.89. The Hall–Kier alpha value is -4.98. The van der Waals surface area contributed by atoms with Crippen LogP contribution in [0.3, 0.4) is 0 Å². The topological polar surface area (TPSA) is 184 Å². The van der Waals surface area contributed by atoms with Crippen molar-refractivity contribution in [2.75, 3.05) is 67.1 Å². The van der Waals surface area contributed by atoms with Gasteiger partial charge in [-0.15, -0.1) is 11.3 Å². The Kier molecular flexibility index (Phi) is 13.4. The summed E-state index contributed by atoms with van der Waals surface area (Å²) in [6.45, 7) is 15.6. The van der Waals surface area contributed by atoms with E-state index in [0.717, 1.165) is 52.1 Å². The van der Waals surface area contributed by atoms with Crippen molar-refractivity contribution in [1.29, 1.82) is 0 Å². The van der Waals surface area contributed by atoms with Gasteiger partial charge in [0.25, 0.3) is 5.91 Å². The summed E-state index contributed by atoms with van der Waals surface area (Å²) in [5, 5.41) is 19.6. The van der Waals surface area contributed by atoms with Gasteiger partial charge in [-0.2, -0.15) is 5.43 Å². The third-order valence-corrected chi connectivity index (χ3v) is 14.4. The molecule has 0 radical (unpaired) electrons. The normalized spacial score (nSPS) is 23.3. The van der Waals surface area contributed by atoms with E-state index in [2.05, 4.69) is 51.4 Å². The summed E-state index contributed by atoms with van der Waals surface area (Å²) in [7, 11) is 5.32. The maximum absolute atomic E-state index is 14.7. The summed E-state index contributed by atoms with van der Waals surface area (Å²) in [6.07, 6.45) is 2.29. The number of urea groups is 1. The van der Waals surface area contributed by atoms with Gasteiger partial charge in [0.15, 0.2) is 0 Å². The number of benzene rings is 1. The van der Waals surface area contributed by atoms with Crippen LogP contribution in [0.25, 0.3) is 33.4 Å². The highest BCUT2D eigenvalue weighted by molar-refractivity contribution is 7.10. The van der Waals surface area contributed by atoms with E-state index in [0.29, 0.717) is 43.4 Å². The predicted molar refractivity (Wildman–Crippen MR) is 250 cm³/mol. The van der Waals surface area contributed by atoms with Crippen molar-refractivity contribution in [2.24, 2.45) is 11.3 Å². The van der Waals surface area contributed by atoms with Crippen molar-refractivity contribution in [1.82, 2.24) is 45.0 Å². The van der Waals surface area contributed by atoms with Gasteiger partial charge in [0, 0.05) is 92.2 Å². The number of nitrogens with zero attached hydrogens (tertiary/aromatic N) is 7. The van der Waals surface area contributed by atoms with Crippen LogP contribution in [-0.4, -0.2) is 154 Å². The fraction of sp³-hybridized carbons (Fsp3) is 0.583. The first-order valence-corrected chi connectivity index (χ1v) is 24.0. The fourth-order valence-corrected chi connectivity index (χ4v) is 11.0. The molecule has 356 valence electrons. The van der Waals surface area contributed by atoms with Crippen LogP contribution in [0, 0.1) is 11.3 Å². The Bertz CT molecular complexity index is 2480. The van der Waals surface area contributed by atoms with E-state index in [1.807, 2.05) is 53.1 Å². The number of morpholine rings is 1. The number of aromatic nitrogens is 3. The van der Waals surface area contributed by atoms with Gasteiger partial charge in [0.05, 0.1) is 54.5 Å². The molecule has 18 heteroatoms. The number of ether oxygens (including phenoxy) is 3. The number of hydrazine groups is 1. The van der Waals surface area contributed by atoms with Crippen LogP contribution in [0.4, 0.5) is 4.79 Å². The number of methoxy groups -OCH3 is 1. The number of cyclic esters (lactones) is 1. The molecule has 8 rings (SSSR count). The van der Waals surface area contributed by atoms with Gasteiger partial charge in [-0.3, -0.25) is 19.6 Å². The van der Waals surface area contributed by atoms with E-state index in [4.69, 9.17) is 24.2 Å². The monoisotopic (exact) mass is 927 g/mol. The number of rotatable bonds is 8. The van der Waals surface area contributed by atoms with Crippen molar-refractivity contribution in [3.05, 3.63) is 58.2 Å². The molecule has 3 N–H and O–H groups in total. The molecule has 7 heterocycles. The molecule has 6 bridgehead atoms. The van der Waals surface area contributed by atoms with E-state index in [9.17, 15) is 24.3 Å². The molecule has 17 nitrogen and oxygen atoms in total.